The molecule has 1 heterocycles. The summed E-state index contributed by atoms with van der Waals surface area (Å²) in [6.07, 6.45) is -6.44. The van der Waals surface area contributed by atoms with Crippen molar-refractivity contribution in [3.05, 3.63) is 41.5 Å². The van der Waals surface area contributed by atoms with Crippen LogP contribution in [0.15, 0.2) is 30.3 Å². The molecule has 1 saturated heterocycles. The summed E-state index contributed by atoms with van der Waals surface area (Å²) in [4.78, 5) is 0. The fraction of sp³-hybridized carbons (Fsp3) is 0.444. The third-order valence-corrected chi connectivity index (χ3v) is 4.49. The summed E-state index contributed by atoms with van der Waals surface area (Å²) in [7, 11) is 0. The van der Waals surface area contributed by atoms with Crippen LogP contribution in [0.5, 0.6) is 5.75 Å². The Morgan fingerprint density at radius 3 is 2.46 bits per heavy atom. The van der Waals surface area contributed by atoms with Crippen LogP contribution in [-0.2, 0) is 4.74 Å². The van der Waals surface area contributed by atoms with Gasteiger partial charge in [-0.25, -0.2) is 0 Å². The second-order valence-corrected chi connectivity index (χ2v) is 6.23. The molecule has 0 saturated carbocycles. The molecule has 1 fully saturated rings. The Hall–Kier alpha value is -1.70. The lowest BCUT2D eigenvalue weighted by Crippen LogP contribution is -2.60. The van der Waals surface area contributed by atoms with Gasteiger partial charge in [0.2, 0.25) is 6.29 Å². The molecule has 6 heteroatoms. The first kappa shape index (κ1) is 17.1. The van der Waals surface area contributed by atoms with Gasteiger partial charge in [-0.3, -0.25) is 0 Å². The van der Waals surface area contributed by atoms with Gasteiger partial charge in [0.1, 0.15) is 30.2 Å². The minimum Gasteiger partial charge on any atom is -0.462 e. The van der Waals surface area contributed by atoms with Gasteiger partial charge >= 0.3 is 0 Å². The van der Waals surface area contributed by atoms with Gasteiger partial charge in [0.25, 0.3) is 0 Å². The Labute approximate surface area is 139 Å². The molecule has 0 radical (unpaired) electrons. The lowest BCUT2D eigenvalue weighted by molar-refractivity contribution is -0.277. The predicted octanol–water partition coefficient (Wildman–Crippen LogP) is 0.635. The van der Waals surface area contributed by atoms with Gasteiger partial charge in [-0.2, -0.15) is 0 Å². The van der Waals surface area contributed by atoms with Gasteiger partial charge in [-0.05, 0) is 47.9 Å². The van der Waals surface area contributed by atoms with Crippen LogP contribution in [0, 0.1) is 13.8 Å². The number of benzene rings is 2. The number of hydrogen-bond acceptors (Lipinski definition) is 6. The number of fused-ring (bicyclic) bond motifs is 1. The van der Waals surface area contributed by atoms with E-state index >= 15 is 0 Å². The first-order valence-corrected chi connectivity index (χ1v) is 7.89. The van der Waals surface area contributed by atoms with E-state index in [4.69, 9.17) is 9.47 Å². The zero-order valence-electron chi connectivity index (χ0n) is 13.6. The first-order valence-electron chi connectivity index (χ1n) is 7.89. The molecular weight excluding hydrogens is 312 g/mol. The fourth-order valence-corrected chi connectivity index (χ4v) is 2.99. The molecule has 3 rings (SSSR count). The number of ether oxygens (including phenoxy) is 2. The van der Waals surface area contributed by atoms with E-state index in [2.05, 4.69) is 0 Å². The van der Waals surface area contributed by atoms with Crippen LogP contribution in [-0.4, -0.2) is 57.7 Å². The van der Waals surface area contributed by atoms with Crippen molar-refractivity contribution in [3.8, 4) is 5.75 Å². The zero-order chi connectivity index (χ0) is 17.4. The van der Waals surface area contributed by atoms with Crippen molar-refractivity contribution in [2.24, 2.45) is 0 Å². The maximum absolute atomic E-state index is 10.1. The Morgan fingerprint density at radius 2 is 1.75 bits per heavy atom. The number of aliphatic hydroxyl groups is 4. The Bertz CT molecular complexity index is 729. The minimum absolute atomic E-state index is 0.485. The van der Waals surface area contributed by atoms with Gasteiger partial charge in [-0.1, -0.05) is 18.2 Å². The molecule has 0 spiro atoms. The van der Waals surface area contributed by atoms with Crippen LogP contribution in [0.4, 0.5) is 0 Å². The molecule has 0 bridgehead atoms. The smallest absolute Gasteiger partial charge is 0.229 e. The van der Waals surface area contributed by atoms with Crippen LogP contribution >= 0.6 is 0 Å². The summed E-state index contributed by atoms with van der Waals surface area (Å²) in [5.41, 5.74) is 1.94. The molecule has 6 nitrogen and oxygen atoms in total. The van der Waals surface area contributed by atoms with E-state index in [1.807, 2.05) is 44.2 Å². The van der Waals surface area contributed by atoms with Gasteiger partial charge in [0.15, 0.2) is 0 Å². The van der Waals surface area contributed by atoms with Crippen LogP contribution in [0.1, 0.15) is 11.1 Å². The maximum Gasteiger partial charge on any atom is 0.229 e. The number of aliphatic hydroxyl groups excluding tert-OH is 4. The largest absolute Gasteiger partial charge is 0.462 e. The average molecular weight is 334 g/mol. The molecule has 2 aromatic rings. The molecule has 4 N–H and O–H groups in total. The predicted molar refractivity (Wildman–Crippen MR) is 87.8 cm³/mol. The Kier molecular flexibility index (Phi) is 4.76. The lowest BCUT2D eigenvalue weighted by Gasteiger charge is -2.39. The summed E-state index contributed by atoms with van der Waals surface area (Å²) in [5, 5.41) is 41.1. The van der Waals surface area contributed by atoms with Crippen LogP contribution in [0.3, 0.4) is 0 Å². The summed E-state index contributed by atoms with van der Waals surface area (Å²) in [6, 6.07) is 9.82. The van der Waals surface area contributed by atoms with E-state index in [0.717, 1.165) is 21.9 Å². The number of hydrogen-bond donors (Lipinski definition) is 4. The summed E-state index contributed by atoms with van der Waals surface area (Å²) >= 11 is 0. The van der Waals surface area contributed by atoms with Crippen molar-refractivity contribution in [1.82, 2.24) is 0 Å². The maximum atomic E-state index is 10.1. The van der Waals surface area contributed by atoms with Crippen molar-refractivity contribution < 1.29 is 29.9 Å². The van der Waals surface area contributed by atoms with Crippen LogP contribution < -0.4 is 4.74 Å². The van der Waals surface area contributed by atoms with Gasteiger partial charge in [0.05, 0.1) is 6.61 Å². The number of rotatable bonds is 3. The molecule has 130 valence electrons. The second kappa shape index (κ2) is 6.66. The SMILES string of the molecule is Cc1cc2cccc(C)c2cc1OC1OC(CO)C(O)C(O)C1O. The molecular formula is C18H22O6. The van der Waals surface area contributed by atoms with E-state index in [-0.39, 0.29) is 0 Å². The van der Waals surface area contributed by atoms with E-state index < -0.39 is 37.3 Å². The van der Waals surface area contributed by atoms with E-state index in [9.17, 15) is 20.4 Å². The van der Waals surface area contributed by atoms with E-state index in [1.165, 1.54) is 0 Å². The molecule has 2 aromatic carbocycles. The molecule has 1 aliphatic rings. The molecule has 5 atom stereocenters. The standard InChI is InChI=1S/C18H22O6/c1-9-4-3-5-11-6-10(2)13(7-12(9)11)23-18-17(22)16(21)15(20)14(8-19)24-18/h3-7,14-22H,8H2,1-2H3. The number of aryl methyl sites for hydroxylation is 2. The van der Waals surface area contributed by atoms with E-state index in [0.29, 0.717) is 5.75 Å². The molecule has 0 aromatic heterocycles. The quantitative estimate of drug-likeness (QED) is 0.657. The summed E-state index contributed by atoms with van der Waals surface area (Å²) < 4.78 is 11.2. The highest BCUT2D eigenvalue weighted by molar-refractivity contribution is 5.87. The Morgan fingerprint density at radius 1 is 1.00 bits per heavy atom. The van der Waals surface area contributed by atoms with Gasteiger partial charge < -0.3 is 29.9 Å². The lowest BCUT2D eigenvalue weighted by atomic mass is 9.99. The van der Waals surface area contributed by atoms with Crippen molar-refractivity contribution in [2.45, 2.75) is 44.6 Å². The second-order valence-electron chi connectivity index (χ2n) is 6.23. The van der Waals surface area contributed by atoms with Crippen molar-refractivity contribution >= 4 is 10.8 Å². The van der Waals surface area contributed by atoms with Crippen molar-refractivity contribution in [2.75, 3.05) is 6.61 Å². The normalized spacial score (nSPS) is 30.5. The average Bonchev–Trinajstić information content (AvgIpc) is 2.56. The van der Waals surface area contributed by atoms with E-state index in [1.54, 1.807) is 0 Å². The highest BCUT2D eigenvalue weighted by atomic mass is 16.7. The van der Waals surface area contributed by atoms with Crippen LogP contribution in [0.25, 0.3) is 10.8 Å². The zero-order valence-corrected chi connectivity index (χ0v) is 13.6. The molecule has 5 unspecified atom stereocenters. The first-order chi connectivity index (χ1) is 11.4. The minimum atomic E-state index is -1.46. The fourth-order valence-electron chi connectivity index (χ4n) is 2.99. The molecule has 0 amide bonds. The van der Waals surface area contributed by atoms with Crippen LogP contribution in [0.2, 0.25) is 0 Å². The highest BCUT2D eigenvalue weighted by Gasteiger charge is 2.44. The van der Waals surface area contributed by atoms with Gasteiger partial charge in [-0.15, -0.1) is 0 Å². The highest BCUT2D eigenvalue weighted by Crippen LogP contribution is 2.31. The van der Waals surface area contributed by atoms with Gasteiger partial charge in [0, 0.05) is 0 Å². The molecule has 1 aliphatic heterocycles. The molecule has 0 aliphatic carbocycles. The summed E-state index contributed by atoms with van der Waals surface area (Å²) in [5.74, 6) is 0.515. The summed E-state index contributed by atoms with van der Waals surface area (Å²) in [6.45, 7) is 3.39. The van der Waals surface area contributed by atoms with Crippen molar-refractivity contribution in [3.63, 3.8) is 0 Å². The topological polar surface area (TPSA) is 99.4 Å². The molecule has 24 heavy (non-hydrogen) atoms. The van der Waals surface area contributed by atoms with Crippen molar-refractivity contribution in [1.29, 1.82) is 0 Å². The Balaban J connectivity index is 1.91. The monoisotopic (exact) mass is 334 g/mol. The third kappa shape index (κ3) is 2.99. The third-order valence-electron chi connectivity index (χ3n) is 4.49.